The Morgan fingerprint density at radius 1 is 1.43 bits per heavy atom. The maximum atomic E-state index is 12.1. The van der Waals surface area contributed by atoms with E-state index < -0.39 is 5.97 Å². The Balaban J connectivity index is 2.38. The van der Waals surface area contributed by atoms with E-state index in [2.05, 4.69) is 20.9 Å². The smallest absolute Gasteiger partial charge is 0.348 e. The molecule has 0 amide bonds. The van der Waals surface area contributed by atoms with Crippen molar-refractivity contribution in [3.8, 4) is 0 Å². The first-order chi connectivity index (χ1) is 9.88. The number of nitrogens with zero attached hydrogens (tertiary/aromatic N) is 2. The van der Waals surface area contributed by atoms with Crippen LogP contribution in [0.25, 0.3) is 0 Å². The number of aryl methyl sites for hydroxylation is 1. The summed E-state index contributed by atoms with van der Waals surface area (Å²) in [6, 6.07) is 3.89. The fraction of sp³-hybridized carbons (Fsp3) is 0.357. The summed E-state index contributed by atoms with van der Waals surface area (Å²) in [5.74, 6) is -0.853. The molecule has 112 valence electrons. The highest BCUT2D eigenvalue weighted by atomic mass is 79.9. The third-order valence-corrected chi connectivity index (χ3v) is 4.91. The minimum absolute atomic E-state index is 0.0338. The molecule has 2 heterocycles. The van der Waals surface area contributed by atoms with Crippen LogP contribution in [0.15, 0.2) is 20.7 Å². The van der Waals surface area contributed by atoms with Crippen molar-refractivity contribution in [1.82, 2.24) is 9.55 Å². The Bertz CT molecular complexity index is 736. The molecule has 0 aliphatic carbocycles. The number of carboxylic acids is 1. The zero-order valence-corrected chi connectivity index (χ0v) is 14.1. The largest absolute Gasteiger partial charge is 0.481 e. The second-order valence-corrected chi connectivity index (χ2v) is 7.28. The Morgan fingerprint density at radius 2 is 2.14 bits per heavy atom. The van der Waals surface area contributed by atoms with Crippen LogP contribution in [0.3, 0.4) is 0 Å². The summed E-state index contributed by atoms with van der Waals surface area (Å²) in [6.45, 7) is 4.04. The highest BCUT2D eigenvalue weighted by molar-refractivity contribution is 9.11. The lowest BCUT2D eigenvalue weighted by molar-refractivity contribution is -0.136. The van der Waals surface area contributed by atoms with Gasteiger partial charge in [0, 0.05) is 22.7 Å². The van der Waals surface area contributed by atoms with Crippen LogP contribution in [-0.4, -0.2) is 20.6 Å². The summed E-state index contributed by atoms with van der Waals surface area (Å²) in [6.07, 6.45) is 0.417. The molecule has 0 atom stereocenters. The summed E-state index contributed by atoms with van der Waals surface area (Å²) in [4.78, 5) is 27.9. The normalized spacial score (nSPS) is 10.8. The number of hydrogen-bond donors (Lipinski definition) is 1. The molecule has 0 unspecified atom stereocenters. The first-order valence-electron chi connectivity index (χ1n) is 6.41. The van der Waals surface area contributed by atoms with Crippen LogP contribution in [0.5, 0.6) is 0 Å². The Morgan fingerprint density at radius 3 is 2.71 bits per heavy atom. The van der Waals surface area contributed by atoms with E-state index in [0.29, 0.717) is 18.7 Å². The maximum Gasteiger partial charge on any atom is 0.348 e. The lowest BCUT2D eigenvalue weighted by Gasteiger charge is -2.14. The standard InChI is InChI=1S/C14H15BrN2O3S/c1-8-11(4-6-13(18)19)9(2)17(14(20)16-8)7-10-3-5-12(15)21-10/h3,5H,4,6-7H2,1-2H3,(H,18,19). The van der Waals surface area contributed by atoms with Gasteiger partial charge in [0.25, 0.3) is 0 Å². The molecule has 2 aromatic rings. The van der Waals surface area contributed by atoms with E-state index in [9.17, 15) is 9.59 Å². The van der Waals surface area contributed by atoms with Gasteiger partial charge >= 0.3 is 11.7 Å². The average molecular weight is 371 g/mol. The number of thiophene rings is 1. The summed E-state index contributed by atoms with van der Waals surface area (Å²) in [7, 11) is 0. The number of hydrogen-bond acceptors (Lipinski definition) is 4. The summed E-state index contributed by atoms with van der Waals surface area (Å²) in [5, 5.41) is 8.83. The number of halogens is 1. The monoisotopic (exact) mass is 370 g/mol. The van der Waals surface area contributed by atoms with Crippen molar-refractivity contribution in [2.75, 3.05) is 0 Å². The van der Waals surface area contributed by atoms with Gasteiger partial charge in [0.05, 0.1) is 10.3 Å². The second kappa shape index (κ2) is 6.53. The first-order valence-corrected chi connectivity index (χ1v) is 8.02. The molecule has 1 N–H and O–H groups in total. The van der Waals surface area contributed by atoms with Crippen molar-refractivity contribution in [3.05, 3.63) is 48.2 Å². The number of aliphatic carboxylic acids is 1. The van der Waals surface area contributed by atoms with Gasteiger partial charge in [-0.1, -0.05) is 0 Å². The molecule has 21 heavy (non-hydrogen) atoms. The topological polar surface area (TPSA) is 72.2 Å². The predicted molar refractivity (Wildman–Crippen MR) is 85.0 cm³/mol. The lowest BCUT2D eigenvalue weighted by Crippen LogP contribution is -2.28. The molecule has 0 saturated heterocycles. The third-order valence-electron chi connectivity index (χ3n) is 3.30. The van der Waals surface area contributed by atoms with Crippen LogP contribution in [-0.2, 0) is 17.8 Å². The maximum absolute atomic E-state index is 12.1. The average Bonchev–Trinajstić information content (AvgIpc) is 2.79. The van der Waals surface area contributed by atoms with Gasteiger partial charge in [0.15, 0.2) is 0 Å². The van der Waals surface area contributed by atoms with Crippen molar-refractivity contribution >= 4 is 33.2 Å². The fourth-order valence-electron chi connectivity index (χ4n) is 2.21. The fourth-order valence-corrected chi connectivity index (χ4v) is 3.68. The molecule has 0 bridgehead atoms. The Labute approximate surface area is 134 Å². The van der Waals surface area contributed by atoms with E-state index in [0.717, 1.165) is 19.9 Å². The molecular weight excluding hydrogens is 356 g/mol. The van der Waals surface area contributed by atoms with Crippen molar-refractivity contribution in [2.24, 2.45) is 0 Å². The van der Waals surface area contributed by atoms with Gasteiger partial charge in [-0.25, -0.2) is 4.79 Å². The second-order valence-electron chi connectivity index (χ2n) is 4.73. The first kappa shape index (κ1) is 15.9. The van der Waals surface area contributed by atoms with Crippen molar-refractivity contribution < 1.29 is 9.90 Å². The molecule has 5 nitrogen and oxygen atoms in total. The zero-order valence-electron chi connectivity index (χ0n) is 11.7. The molecule has 2 rings (SSSR count). The molecule has 0 aliphatic heterocycles. The molecule has 0 aliphatic rings. The Kier molecular flexibility index (Phi) is 4.95. The van der Waals surface area contributed by atoms with Gasteiger partial charge in [0.2, 0.25) is 0 Å². The Hall–Kier alpha value is -1.47. The zero-order chi connectivity index (χ0) is 15.6. The van der Waals surface area contributed by atoms with E-state index in [4.69, 9.17) is 5.11 Å². The molecular formula is C14H15BrN2O3S. The SMILES string of the molecule is Cc1nc(=O)n(Cc2ccc(Br)s2)c(C)c1CCC(=O)O. The lowest BCUT2D eigenvalue weighted by atomic mass is 10.1. The number of carbonyl (C=O) groups is 1. The predicted octanol–water partition coefficient (Wildman–Crippen LogP) is 2.75. The number of aromatic nitrogens is 2. The van der Waals surface area contributed by atoms with Crippen LogP contribution in [0.1, 0.15) is 28.2 Å². The summed E-state index contributed by atoms with van der Waals surface area (Å²) in [5.41, 5.74) is 1.95. The van der Waals surface area contributed by atoms with Crippen molar-refractivity contribution in [2.45, 2.75) is 33.2 Å². The molecule has 0 fully saturated rings. The van der Waals surface area contributed by atoms with Crippen molar-refractivity contribution in [3.63, 3.8) is 0 Å². The molecule has 0 aromatic carbocycles. The summed E-state index contributed by atoms with van der Waals surface area (Å²) < 4.78 is 2.61. The van der Waals surface area contributed by atoms with Crippen LogP contribution in [0.2, 0.25) is 0 Å². The highest BCUT2D eigenvalue weighted by Crippen LogP contribution is 2.23. The van der Waals surface area contributed by atoms with Gasteiger partial charge < -0.3 is 5.11 Å². The number of carboxylic acid groups (broad SMARTS) is 1. The van der Waals surface area contributed by atoms with E-state index in [-0.39, 0.29) is 12.1 Å². The molecule has 0 saturated carbocycles. The van der Waals surface area contributed by atoms with Gasteiger partial charge in [-0.05, 0) is 53.9 Å². The molecule has 2 aromatic heterocycles. The highest BCUT2D eigenvalue weighted by Gasteiger charge is 2.13. The number of rotatable bonds is 5. The van der Waals surface area contributed by atoms with Crippen LogP contribution in [0, 0.1) is 13.8 Å². The summed E-state index contributed by atoms with van der Waals surface area (Å²) >= 11 is 4.96. The third kappa shape index (κ3) is 3.79. The minimum atomic E-state index is -0.853. The van der Waals surface area contributed by atoms with Crippen LogP contribution in [0.4, 0.5) is 0 Å². The van der Waals surface area contributed by atoms with Gasteiger partial charge in [-0.15, -0.1) is 11.3 Å². The minimum Gasteiger partial charge on any atom is -0.481 e. The van der Waals surface area contributed by atoms with Gasteiger partial charge in [0.1, 0.15) is 0 Å². The molecule has 0 radical (unpaired) electrons. The molecule has 0 spiro atoms. The van der Waals surface area contributed by atoms with E-state index in [1.54, 1.807) is 22.8 Å². The van der Waals surface area contributed by atoms with Crippen LogP contribution >= 0.6 is 27.3 Å². The van der Waals surface area contributed by atoms with Crippen LogP contribution < -0.4 is 5.69 Å². The van der Waals surface area contributed by atoms with E-state index >= 15 is 0 Å². The van der Waals surface area contributed by atoms with E-state index in [1.165, 1.54) is 0 Å². The molecule has 7 heteroatoms. The van der Waals surface area contributed by atoms with E-state index in [1.807, 2.05) is 19.1 Å². The quantitative estimate of drug-likeness (QED) is 0.877. The van der Waals surface area contributed by atoms with Gasteiger partial charge in [-0.2, -0.15) is 4.98 Å². The van der Waals surface area contributed by atoms with Crippen molar-refractivity contribution in [1.29, 1.82) is 0 Å². The van der Waals surface area contributed by atoms with Gasteiger partial charge in [-0.3, -0.25) is 9.36 Å².